The van der Waals surface area contributed by atoms with Crippen LogP contribution in [0.25, 0.3) is 43.8 Å². The molecule has 0 aliphatic carbocycles. The molecular formula is C34H24Cl2F6Zr. The van der Waals surface area contributed by atoms with E-state index in [1.54, 1.807) is 0 Å². The Morgan fingerprint density at radius 3 is 1.12 bits per heavy atom. The first-order valence-corrected chi connectivity index (χ1v) is 12.6. The second kappa shape index (κ2) is 14.3. The fourth-order valence-corrected chi connectivity index (χ4v) is 4.95. The molecule has 9 heteroatoms. The van der Waals surface area contributed by atoms with Crippen molar-refractivity contribution in [3.8, 4) is 22.3 Å². The molecule has 0 atom stereocenters. The van der Waals surface area contributed by atoms with Crippen LogP contribution in [0.2, 0.25) is 0 Å². The van der Waals surface area contributed by atoms with Gasteiger partial charge < -0.3 is 24.8 Å². The molecule has 0 aliphatic heterocycles. The zero-order chi connectivity index (χ0) is 28.7. The molecule has 0 amide bonds. The van der Waals surface area contributed by atoms with Crippen molar-refractivity contribution < 1.29 is 77.4 Å². The number of alkyl halides is 6. The molecule has 0 saturated carbocycles. The summed E-state index contributed by atoms with van der Waals surface area (Å²) in [5, 5.41) is 4.37. The summed E-state index contributed by atoms with van der Waals surface area (Å²) >= 11 is 0. The van der Waals surface area contributed by atoms with Gasteiger partial charge in [-0.15, -0.1) is 69.1 Å². The third-order valence-corrected chi connectivity index (χ3v) is 6.84. The molecule has 0 aromatic heterocycles. The Morgan fingerprint density at radius 1 is 0.488 bits per heavy atom. The van der Waals surface area contributed by atoms with E-state index in [2.05, 4.69) is 24.3 Å². The average molecular weight is 709 g/mol. The van der Waals surface area contributed by atoms with Gasteiger partial charge in [0.1, 0.15) is 0 Å². The van der Waals surface area contributed by atoms with Crippen molar-refractivity contribution in [1.29, 1.82) is 0 Å². The van der Waals surface area contributed by atoms with Crippen LogP contribution >= 0.6 is 0 Å². The first-order chi connectivity index (χ1) is 18.9. The monoisotopic (exact) mass is 706 g/mol. The summed E-state index contributed by atoms with van der Waals surface area (Å²) in [5.74, 6) is 0. The molecule has 0 nitrogen and oxygen atoms in total. The molecule has 0 unspecified atom stereocenters. The van der Waals surface area contributed by atoms with Crippen molar-refractivity contribution in [3.63, 3.8) is 0 Å². The number of halogens is 8. The Morgan fingerprint density at radius 2 is 0.814 bits per heavy atom. The Hall–Kier alpha value is -2.86. The van der Waals surface area contributed by atoms with Gasteiger partial charge in [0.15, 0.2) is 0 Å². The number of rotatable bonds is 2. The van der Waals surface area contributed by atoms with E-state index in [4.69, 9.17) is 0 Å². The maximum atomic E-state index is 12.6. The van der Waals surface area contributed by atoms with E-state index in [9.17, 15) is 26.3 Å². The third-order valence-electron chi connectivity index (χ3n) is 6.84. The molecule has 220 valence electrons. The summed E-state index contributed by atoms with van der Waals surface area (Å²) in [6.45, 7) is 4.02. The first-order valence-electron chi connectivity index (χ1n) is 12.6. The van der Waals surface area contributed by atoms with E-state index >= 15 is 0 Å². The van der Waals surface area contributed by atoms with Gasteiger partial charge in [0, 0.05) is 0 Å². The molecule has 0 bridgehead atoms. The number of hydrogen-bond donors (Lipinski definition) is 0. The van der Waals surface area contributed by atoms with Crippen LogP contribution in [-0.2, 0) is 38.6 Å². The molecule has 0 fully saturated rings. The van der Waals surface area contributed by atoms with Crippen molar-refractivity contribution in [2.45, 2.75) is 26.2 Å². The van der Waals surface area contributed by atoms with Crippen LogP contribution in [0.1, 0.15) is 22.3 Å². The molecule has 43 heavy (non-hydrogen) atoms. The van der Waals surface area contributed by atoms with Gasteiger partial charge in [0.25, 0.3) is 0 Å². The van der Waals surface area contributed by atoms with E-state index < -0.39 is 23.5 Å². The summed E-state index contributed by atoms with van der Waals surface area (Å²) in [5.41, 5.74) is 4.59. The molecule has 0 N–H and O–H groups in total. The molecular weight excluding hydrogens is 684 g/mol. The topological polar surface area (TPSA) is 0 Å². The molecule has 0 spiro atoms. The molecule has 6 aromatic rings. The maximum Gasteiger partial charge on any atom is 4.00 e. The minimum absolute atomic E-state index is 0. The molecule has 0 aliphatic rings. The van der Waals surface area contributed by atoms with Gasteiger partial charge in [0.05, 0.1) is 11.1 Å². The van der Waals surface area contributed by atoms with Crippen LogP contribution in [0.5, 0.6) is 0 Å². The van der Waals surface area contributed by atoms with Crippen LogP contribution < -0.4 is 24.8 Å². The fourth-order valence-electron chi connectivity index (χ4n) is 4.95. The van der Waals surface area contributed by atoms with Crippen molar-refractivity contribution in [2.24, 2.45) is 0 Å². The second-order valence-electron chi connectivity index (χ2n) is 9.83. The van der Waals surface area contributed by atoms with E-state index in [0.29, 0.717) is 0 Å². The minimum Gasteiger partial charge on any atom is -1.00 e. The van der Waals surface area contributed by atoms with Crippen molar-refractivity contribution in [2.75, 3.05) is 0 Å². The summed E-state index contributed by atoms with van der Waals surface area (Å²) in [6, 6.07) is 30.6. The number of fused-ring (bicyclic) bond motifs is 2. The number of aryl methyl sites for hydroxylation is 2. The first kappa shape index (κ1) is 36.3. The summed E-state index contributed by atoms with van der Waals surface area (Å²) < 4.78 is 75.5. The van der Waals surface area contributed by atoms with Crippen molar-refractivity contribution in [1.82, 2.24) is 0 Å². The third kappa shape index (κ3) is 8.20. The van der Waals surface area contributed by atoms with Crippen LogP contribution in [0.4, 0.5) is 26.3 Å². The SMILES string of the molecule is Cc1cc2c(-c3ccc(C(F)(F)F)cc3)cccc2[cH-]1.Cc1cc2c(-c3ccc(C(F)(F)F)cc3)cccc2[cH-]1.[Cl-].[Cl-].[Zr+4]. The molecule has 0 heterocycles. The average Bonchev–Trinajstić information content (AvgIpc) is 3.48. The summed E-state index contributed by atoms with van der Waals surface area (Å²) in [7, 11) is 0. The van der Waals surface area contributed by atoms with Gasteiger partial charge >= 0.3 is 38.6 Å². The van der Waals surface area contributed by atoms with E-state index in [1.165, 1.54) is 24.3 Å². The van der Waals surface area contributed by atoms with Crippen molar-refractivity contribution >= 4 is 21.5 Å². The smallest absolute Gasteiger partial charge is 1.00 e. The van der Waals surface area contributed by atoms with E-state index in [0.717, 1.165) is 79.2 Å². The molecule has 6 rings (SSSR count). The predicted molar refractivity (Wildman–Crippen MR) is 149 cm³/mol. The Kier molecular flexibility index (Phi) is 12.1. The zero-order valence-corrected chi connectivity index (χ0v) is 26.9. The van der Waals surface area contributed by atoms with E-state index in [-0.39, 0.29) is 51.0 Å². The number of benzene rings is 4. The quantitative estimate of drug-likeness (QED) is 0.174. The summed E-state index contributed by atoms with van der Waals surface area (Å²) in [4.78, 5) is 0. The van der Waals surface area contributed by atoms with Gasteiger partial charge in [-0.2, -0.15) is 38.5 Å². The van der Waals surface area contributed by atoms with E-state index in [1.807, 2.05) is 50.2 Å². The standard InChI is InChI=1S/2C17H12F3.2ClH.Zr/c2*1-11-9-13-3-2-4-15(16(13)10-11)12-5-7-14(8-6-12)17(18,19)20;;;/h2*2-10H,1H3;2*1H;/q2*-1;;;+4/p-2. The van der Waals surface area contributed by atoms with Crippen LogP contribution in [-0.4, -0.2) is 0 Å². The maximum absolute atomic E-state index is 12.6. The zero-order valence-electron chi connectivity index (χ0n) is 22.9. The fraction of sp³-hybridized carbons (Fsp3) is 0.118. The second-order valence-corrected chi connectivity index (χ2v) is 9.83. The minimum atomic E-state index is -4.29. The van der Waals surface area contributed by atoms with Crippen LogP contribution in [0, 0.1) is 13.8 Å². The normalized spacial score (nSPS) is 11.2. The van der Waals surface area contributed by atoms with Gasteiger partial charge in [-0.1, -0.05) is 61.4 Å². The predicted octanol–water partition coefficient (Wildman–Crippen LogP) is 5.11. The molecule has 6 aromatic carbocycles. The summed E-state index contributed by atoms with van der Waals surface area (Å²) in [6.07, 6.45) is -8.58. The van der Waals surface area contributed by atoms with Gasteiger partial charge in [-0.25, -0.2) is 0 Å². The molecule has 0 saturated heterocycles. The van der Waals surface area contributed by atoms with Crippen LogP contribution in [0.15, 0.2) is 109 Å². The molecule has 0 radical (unpaired) electrons. The van der Waals surface area contributed by atoms with Crippen molar-refractivity contribution in [3.05, 3.63) is 131 Å². The van der Waals surface area contributed by atoms with Gasteiger partial charge in [0.2, 0.25) is 0 Å². The number of hydrogen-bond acceptors (Lipinski definition) is 0. The van der Waals surface area contributed by atoms with Gasteiger partial charge in [-0.3, -0.25) is 0 Å². The Bertz CT molecular complexity index is 1640. The largest absolute Gasteiger partial charge is 4.00 e. The van der Waals surface area contributed by atoms with Gasteiger partial charge in [-0.05, 0) is 35.4 Å². The van der Waals surface area contributed by atoms with Crippen LogP contribution in [0.3, 0.4) is 0 Å². The Balaban J connectivity index is 0.000000281. The Labute approximate surface area is 277 Å².